The number of nitrogens with zero attached hydrogens (tertiary/aromatic N) is 3. The van der Waals surface area contributed by atoms with Crippen molar-refractivity contribution in [2.45, 2.75) is 19.0 Å². The van der Waals surface area contributed by atoms with E-state index in [1.807, 2.05) is 5.38 Å². The number of aliphatic hydroxyl groups is 1. The van der Waals surface area contributed by atoms with Crippen LogP contribution in [0.5, 0.6) is 0 Å². The molecule has 1 saturated heterocycles. The summed E-state index contributed by atoms with van der Waals surface area (Å²) >= 11 is 4.85. The number of amidine groups is 1. The van der Waals surface area contributed by atoms with Gasteiger partial charge in [-0.15, -0.1) is 11.3 Å². The summed E-state index contributed by atoms with van der Waals surface area (Å²) in [5.41, 5.74) is 1.58. The highest BCUT2D eigenvalue weighted by atomic mass is 79.9. The van der Waals surface area contributed by atoms with Gasteiger partial charge in [0.2, 0.25) is 0 Å². The van der Waals surface area contributed by atoms with Crippen LogP contribution in [-0.4, -0.2) is 72.4 Å². The van der Waals surface area contributed by atoms with Gasteiger partial charge in [0.15, 0.2) is 10.8 Å². The third-order valence-electron chi connectivity index (χ3n) is 5.43. The largest absolute Gasteiger partial charge is 0.463 e. The van der Waals surface area contributed by atoms with Crippen molar-refractivity contribution in [3.05, 3.63) is 61.9 Å². The highest BCUT2D eigenvalue weighted by Crippen LogP contribution is 2.37. The predicted octanol–water partition coefficient (Wildman–Crippen LogP) is 2.65. The number of thiazole rings is 1. The third kappa shape index (κ3) is 5.33. The lowest BCUT2D eigenvalue weighted by Gasteiger charge is -2.37. The van der Waals surface area contributed by atoms with Crippen molar-refractivity contribution in [2.75, 3.05) is 39.5 Å². The molecule has 2 aliphatic heterocycles. The number of halogens is 2. The van der Waals surface area contributed by atoms with E-state index in [0.29, 0.717) is 58.5 Å². The van der Waals surface area contributed by atoms with Gasteiger partial charge in [0.05, 0.1) is 38.0 Å². The topological polar surface area (TPSA) is 96.3 Å². The van der Waals surface area contributed by atoms with Crippen molar-refractivity contribution in [1.82, 2.24) is 15.2 Å². The van der Waals surface area contributed by atoms with Crippen molar-refractivity contribution in [3.63, 3.8) is 0 Å². The Morgan fingerprint density at radius 3 is 3.03 bits per heavy atom. The molecular formula is C22H24BrFN4O4S. The Bertz CT molecular complexity index is 1060. The Morgan fingerprint density at radius 2 is 2.33 bits per heavy atom. The van der Waals surface area contributed by atoms with Gasteiger partial charge in [-0.25, -0.2) is 14.2 Å². The number of carbonyl (C=O) groups excluding carboxylic acids is 1. The minimum absolute atomic E-state index is 0.0671. The molecule has 2 aliphatic rings. The Morgan fingerprint density at radius 1 is 1.48 bits per heavy atom. The van der Waals surface area contributed by atoms with E-state index in [1.165, 1.54) is 23.5 Å². The fourth-order valence-corrected chi connectivity index (χ4v) is 4.99. The van der Waals surface area contributed by atoms with Gasteiger partial charge in [0.25, 0.3) is 0 Å². The van der Waals surface area contributed by atoms with E-state index in [4.69, 9.17) is 14.5 Å². The second-order valence-electron chi connectivity index (χ2n) is 7.50. The zero-order valence-corrected chi connectivity index (χ0v) is 20.4. The van der Waals surface area contributed by atoms with E-state index in [1.54, 1.807) is 19.2 Å². The average Bonchev–Trinajstić information content (AvgIpc) is 3.34. The van der Waals surface area contributed by atoms with Crippen LogP contribution in [0.15, 0.2) is 50.5 Å². The lowest BCUT2D eigenvalue weighted by Crippen LogP contribution is -2.50. The molecule has 2 atom stereocenters. The van der Waals surface area contributed by atoms with Crippen LogP contribution in [0.3, 0.4) is 0 Å². The van der Waals surface area contributed by atoms with Gasteiger partial charge in [-0.05, 0) is 24.6 Å². The van der Waals surface area contributed by atoms with E-state index < -0.39 is 17.8 Å². The number of esters is 1. The molecule has 0 bridgehead atoms. The number of morpholine rings is 1. The zero-order chi connectivity index (χ0) is 23.4. The predicted molar refractivity (Wildman–Crippen MR) is 126 cm³/mol. The van der Waals surface area contributed by atoms with Gasteiger partial charge in [-0.2, -0.15) is 0 Å². The quantitative estimate of drug-likeness (QED) is 0.523. The molecule has 11 heteroatoms. The molecule has 0 saturated carbocycles. The molecule has 0 unspecified atom stereocenters. The Kier molecular flexibility index (Phi) is 7.86. The molecule has 0 spiro atoms. The first-order valence-electron chi connectivity index (χ1n) is 10.5. The van der Waals surface area contributed by atoms with Crippen LogP contribution < -0.4 is 5.32 Å². The van der Waals surface area contributed by atoms with E-state index in [9.17, 15) is 14.3 Å². The maximum atomic E-state index is 13.8. The number of rotatable bonds is 7. The minimum atomic E-state index is -0.734. The van der Waals surface area contributed by atoms with E-state index in [2.05, 4.69) is 31.1 Å². The lowest BCUT2D eigenvalue weighted by molar-refractivity contribution is -0.139. The summed E-state index contributed by atoms with van der Waals surface area (Å²) in [5.74, 6) is -0.385. The van der Waals surface area contributed by atoms with Crippen LogP contribution in [-0.2, 0) is 14.3 Å². The monoisotopic (exact) mass is 538 g/mol. The first-order valence-corrected chi connectivity index (χ1v) is 12.2. The van der Waals surface area contributed by atoms with Gasteiger partial charge in [-0.1, -0.05) is 22.0 Å². The number of ether oxygens (including phenoxy) is 2. The first-order chi connectivity index (χ1) is 16.0. The number of aliphatic imine (C=N–C) groups is 1. The number of benzene rings is 1. The molecule has 2 N–H and O–H groups in total. The number of hydrogen-bond acceptors (Lipinski definition) is 9. The molecule has 2 aromatic rings. The van der Waals surface area contributed by atoms with E-state index in [0.717, 1.165) is 0 Å². The van der Waals surface area contributed by atoms with Crippen LogP contribution >= 0.6 is 27.3 Å². The number of aliphatic hydroxyl groups excluding tert-OH is 1. The molecule has 0 aliphatic carbocycles. The van der Waals surface area contributed by atoms with Crippen LogP contribution in [0.2, 0.25) is 0 Å². The molecule has 0 amide bonds. The highest BCUT2D eigenvalue weighted by molar-refractivity contribution is 9.10. The summed E-state index contributed by atoms with van der Waals surface area (Å²) in [5, 5.41) is 15.6. The van der Waals surface area contributed by atoms with Crippen molar-refractivity contribution in [2.24, 2.45) is 4.99 Å². The molecule has 1 aromatic heterocycles. The second-order valence-corrected chi connectivity index (χ2v) is 9.25. The molecule has 1 fully saturated rings. The molecule has 0 radical (unpaired) electrons. The summed E-state index contributed by atoms with van der Waals surface area (Å²) in [4.78, 5) is 24.4. The number of aromatic nitrogens is 1. The maximum Gasteiger partial charge on any atom is 0.338 e. The Hall–Kier alpha value is -2.18. The Balaban J connectivity index is 1.82. The fraction of sp³-hybridized carbons (Fsp3) is 0.409. The van der Waals surface area contributed by atoms with Gasteiger partial charge in [-0.3, -0.25) is 9.89 Å². The Labute approximate surface area is 203 Å². The summed E-state index contributed by atoms with van der Waals surface area (Å²) in [6, 6.07) is 3.37. The average molecular weight is 539 g/mol. The highest BCUT2D eigenvalue weighted by Gasteiger charge is 2.35. The van der Waals surface area contributed by atoms with Gasteiger partial charge >= 0.3 is 5.97 Å². The fourth-order valence-electron chi connectivity index (χ4n) is 3.84. The second kappa shape index (κ2) is 10.8. The van der Waals surface area contributed by atoms with Crippen molar-refractivity contribution in [1.29, 1.82) is 0 Å². The van der Waals surface area contributed by atoms with Crippen molar-refractivity contribution < 1.29 is 23.8 Å². The first kappa shape index (κ1) is 24.0. The van der Waals surface area contributed by atoms with Crippen LogP contribution in [0.4, 0.5) is 4.39 Å². The van der Waals surface area contributed by atoms with Crippen LogP contribution in [0.25, 0.3) is 0 Å². The molecular weight excluding hydrogens is 515 g/mol. The number of carbonyl (C=O) groups is 1. The summed E-state index contributed by atoms with van der Waals surface area (Å²) in [6.45, 7) is 3.75. The summed E-state index contributed by atoms with van der Waals surface area (Å²) < 4.78 is 25.2. The smallest absolute Gasteiger partial charge is 0.338 e. The number of nitrogens with one attached hydrogen (secondary N) is 1. The van der Waals surface area contributed by atoms with Crippen molar-refractivity contribution in [3.8, 4) is 0 Å². The van der Waals surface area contributed by atoms with Crippen LogP contribution in [0, 0.1) is 5.82 Å². The van der Waals surface area contributed by atoms with E-state index in [-0.39, 0.29) is 19.3 Å². The van der Waals surface area contributed by atoms with Crippen molar-refractivity contribution >= 4 is 39.1 Å². The van der Waals surface area contributed by atoms with Crippen LogP contribution in [0.1, 0.15) is 23.5 Å². The molecule has 4 rings (SSSR count). The van der Waals surface area contributed by atoms with E-state index >= 15 is 0 Å². The molecule has 8 nitrogen and oxygen atoms in total. The maximum absolute atomic E-state index is 13.8. The van der Waals surface area contributed by atoms with Gasteiger partial charge < -0.3 is 19.9 Å². The SMILES string of the molecule is CCOC(=O)C1=C(CN2CCOC[C@H]2CO)NC(c2nccs2)=N[C@H]1c1ccc(F)cc1Br. The molecule has 3 heterocycles. The normalized spacial score (nSPS) is 21.5. The molecule has 1 aromatic carbocycles. The standard InChI is InChI=1S/C22H24BrFN4O4S/c1-2-32-22(30)18-17(10-28-6-7-31-12-14(28)11-29)26-20(21-25-5-8-33-21)27-19(18)15-4-3-13(24)9-16(15)23/h3-5,8-9,14,19,29H,2,6-7,10-12H2,1H3,(H,26,27)/t14-,19+/m1/s1. The summed E-state index contributed by atoms with van der Waals surface area (Å²) in [7, 11) is 0. The summed E-state index contributed by atoms with van der Waals surface area (Å²) in [6.07, 6.45) is 1.68. The lowest BCUT2D eigenvalue weighted by atomic mass is 9.95. The zero-order valence-electron chi connectivity index (χ0n) is 18.0. The molecule has 176 valence electrons. The number of hydrogen-bond donors (Lipinski definition) is 2. The minimum Gasteiger partial charge on any atom is -0.463 e. The van der Waals surface area contributed by atoms with Gasteiger partial charge in [0.1, 0.15) is 11.9 Å². The third-order valence-corrected chi connectivity index (χ3v) is 6.90. The van der Waals surface area contributed by atoms with Gasteiger partial charge in [0, 0.05) is 34.8 Å². The molecule has 33 heavy (non-hydrogen) atoms.